The molecule has 9 nitrogen and oxygen atoms in total. The molecule has 42 heavy (non-hydrogen) atoms. The quantitative estimate of drug-likeness (QED) is 0.0748. The Morgan fingerprint density at radius 2 is 1.64 bits per heavy atom. The third kappa shape index (κ3) is 8.19. The van der Waals surface area contributed by atoms with Crippen molar-refractivity contribution in [2.45, 2.75) is 20.1 Å². The van der Waals surface area contributed by atoms with Gasteiger partial charge in [0.15, 0.2) is 11.5 Å². The molecule has 0 aliphatic heterocycles. The maximum absolute atomic E-state index is 12.8. The predicted octanol–water partition coefficient (Wildman–Crippen LogP) is 7.46. The van der Waals surface area contributed by atoms with Gasteiger partial charge in [0.05, 0.1) is 11.5 Å². The summed E-state index contributed by atoms with van der Waals surface area (Å²) in [5.41, 5.74) is 2.17. The number of nitriles is 1. The first kappa shape index (κ1) is 29.8. The van der Waals surface area contributed by atoms with Crippen molar-refractivity contribution in [2.75, 3.05) is 11.9 Å². The second kappa shape index (κ2) is 14.5. The van der Waals surface area contributed by atoms with Crippen LogP contribution in [0.1, 0.15) is 23.6 Å². The van der Waals surface area contributed by atoms with Crippen LogP contribution in [0.5, 0.6) is 17.2 Å². The SMILES string of the molecule is CCOc1cc(COc2ccc(Br)cc2/C=C(/C#N)C(=O)Nc2cccc([N+](=O)[O-])c2)ccc1OCc1ccccc1. The number of halogens is 1. The first-order valence-corrected chi connectivity index (χ1v) is 13.7. The molecule has 0 aliphatic rings. The van der Waals surface area contributed by atoms with E-state index in [-0.39, 0.29) is 23.6 Å². The van der Waals surface area contributed by atoms with E-state index < -0.39 is 10.8 Å². The number of nitrogens with zero attached hydrogens (tertiary/aromatic N) is 2. The van der Waals surface area contributed by atoms with Crippen LogP contribution in [-0.4, -0.2) is 17.4 Å². The molecule has 0 saturated heterocycles. The van der Waals surface area contributed by atoms with Gasteiger partial charge in [0.25, 0.3) is 11.6 Å². The highest BCUT2D eigenvalue weighted by Crippen LogP contribution is 2.31. The molecule has 0 bridgehead atoms. The van der Waals surface area contributed by atoms with Crippen LogP contribution in [0, 0.1) is 21.4 Å². The summed E-state index contributed by atoms with van der Waals surface area (Å²) >= 11 is 3.42. The van der Waals surface area contributed by atoms with E-state index in [1.807, 2.05) is 61.5 Å². The number of hydrogen-bond acceptors (Lipinski definition) is 7. The third-order valence-electron chi connectivity index (χ3n) is 5.89. The van der Waals surface area contributed by atoms with Gasteiger partial charge in [-0.25, -0.2) is 0 Å². The van der Waals surface area contributed by atoms with E-state index in [0.717, 1.165) is 15.6 Å². The van der Waals surface area contributed by atoms with Crippen molar-refractivity contribution in [1.82, 2.24) is 0 Å². The summed E-state index contributed by atoms with van der Waals surface area (Å²) in [5, 5.41) is 23.3. The van der Waals surface area contributed by atoms with Crippen molar-refractivity contribution in [3.63, 3.8) is 0 Å². The molecule has 0 saturated carbocycles. The Bertz CT molecular complexity index is 1650. The van der Waals surface area contributed by atoms with E-state index in [9.17, 15) is 20.2 Å². The van der Waals surface area contributed by atoms with Crippen LogP contribution in [0.25, 0.3) is 6.08 Å². The van der Waals surface area contributed by atoms with Gasteiger partial charge in [-0.1, -0.05) is 58.4 Å². The molecule has 10 heteroatoms. The summed E-state index contributed by atoms with van der Waals surface area (Å²) < 4.78 is 18.6. The van der Waals surface area contributed by atoms with Crippen molar-refractivity contribution < 1.29 is 23.9 Å². The number of carbonyl (C=O) groups is 1. The number of amides is 1. The number of hydrogen-bond donors (Lipinski definition) is 1. The fraction of sp³-hybridized carbons (Fsp3) is 0.125. The maximum Gasteiger partial charge on any atom is 0.271 e. The van der Waals surface area contributed by atoms with Gasteiger partial charge < -0.3 is 19.5 Å². The second-order valence-corrected chi connectivity index (χ2v) is 9.81. The molecule has 4 aromatic rings. The van der Waals surface area contributed by atoms with E-state index in [4.69, 9.17) is 14.2 Å². The van der Waals surface area contributed by atoms with Crippen molar-refractivity contribution in [1.29, 1.82) is 5.26 Å². The van der Waals surface area contributed by atoms with Gasteiger partial charge in [0, 0.05) is 27.9 Å². The average Bonchev–Trinajstić information content (AvgIpc) is 2.99. The van der Waals surface area contributed by atoms with Crippen molar-refractivity contribution in [2.24, 2.45) is 0 Å². The summed E-state index contributed by atoms with van der Waals surface area (Å²) in [6.45, 7) is 2.94. The number of non-ortho nitro benzene ring substituents is 1. The number of ether oxygens (including phenoxy) is 3. The van der Waals surface area contributed by atoms with Crippen LogP contribution in [0.3, 0.4) is 0 Å². The second-order valence-electron chi connectivity index (χ2n) is 8.89. The topological polar surface area (TPSA) is 124 Å². The molecule has 1 amide bonds. The summed E-state index contributed by atoms with van der Waals surface area (Å²) in [6.07, 6.45) is 1.40. The fourth-order valence-electron chi connectivity index (χ4n) is 3.89. The number of nitro benzene ring substituents is 1. The van der Waals surface area contributed by atoms with Crippen LogP contribution in [0.4, 0.5) is 11.4 Å². The van der Waals surface area contributed by atoms with Crippen molar-refractivity contribution >= 4 is 39.3 Å². The Morgan fingerprint density at radius 3 is 2.38 bits per heavy atom. The van der Waals surface area contributed by atoms with E-state index in [0.29, 0.717) is 36.0 Å². The number of rotatable bonds is 12. The van der Waals surface area contributed by atoms with Gasteiger partial charge >= 0.3 is 0 Å². The lowest BCUT2D eigenvalue weighted by Crippen LogP contribution is -2.13. The predicted molar refractivity (Wildman–Crippen MR) is 162 cm³/mol. The lowest BCUT2D eigenvalue weighted by molar-refractivity contribution is -0.384. The molecule has 0 aromatic heterocycles. The molecule has 4 rings (SSSR count). The Morgan fingerprint density at radius 1 is 0.905 bits per heavy atom. The zero-order valence-corrected chi connectivity index (χ0v) is 24.2. The van der Waals surface area contributed by atoms with Crippen LogP contribution >= 0.6 is 15.9 Å². The Labute approximate surface area is 251 Å². The monoisotopic (exact) mass is 627 g/mol. The van der Waals surface area contributed by atoms with Gasteiger partial charge in [-0.3, -0.25) is 14.9 Å². The van der Waals surface area contributed by atoms with Crippen LogP contribution < -0.4 is 19.5 Å². The summed E-state index contributed by atoms with van der Waals surface area (Å²) in [7, 11) is 0. The molecule has 0 atom stereocenters. The first-order valence-electron chi connectivity index (χ1n) is 12.9. The average molecular weight is 628 g/mol. The highest BCUT2D eigenvalue weighted by atomic mass is 79.9. The summed E-state index contributed by atoms with van der Waals surface area (Å²) in [5.74, 6) is 0.938. The van der Waals surface area contributed by atoms with E-state index in [1.54, 1.807) is 18.2 Å². The molecule has 0 unspecified atom stereocenters. The van der Waals surface area contributed by atoms with Gasteiger partial charge in [-0.2, -0.15) is 5.26 Å². The standard InChI is InChI=1S/C32H26BrN3O6/c1-2-40-31-15-23(11-13-30(31)42-20-22-7-4-3-5-8-22)21-41-29-14-12-26(33)17-24(29)16-25(19-34)32(37)35-27-9-6-10-28(18-27)36(38)39/h3-18H,2,20-21H2,1H3,(H,35,37)/b25-16-. The summed E-state index contributed by atoms with van der Waals surface area (Å²) in [4.78, 5) is 23.3. The maximum atomic E-state index is 12.8. The van der Waals surface area contributed by atoms with Crippen LogP contribution in [0.2, 0.25) is 0 Å². The number of nitrogens with one attached hydrogen (secondary N) is 1. The van der Waals surface area contributed by atoms with E-state index >= 15 is 0 Å². The number of carbonyl (C=O) groups excluding carboxylic acids is 1. The van der Waals surface area contributed by atoms with Gasteiger partial charge in [-0.05, 0) is 60.5 Å². The highest BCUT2D eigenvalue weighted by Gasteiger charge is 2.15. The minimum absolute atomic E-state index is 0.179. The molecule has 0 heterocycles. The summed E-state index contributed by atoms with van der Waals surface area (Å²) in [6, 6.07) is 28.0. The Balaban J connectivity index is 1.50. The van der Waals surface area contributed by atoms with Gasteiger partial charge in [-0.15, -0.1) is 0 Å². The molecular formula is C32H26BrN3O6. The largest absolute Gasteiger partial charge is 0.490 e. The zero-order valence-electron chi connectivity index (χ0n) is 22.6. The lowest BCUT2D eigenvalue weighted by Gasteiger charge is -2.15. The first-order chi connectivity index (χ1) is 20.4. The van der Waals surface area contributed by atoms with E-state index in [2.05, 4.69) is 21.2 Å². The minimum atomic E-state index is -0.712. The highest BCUT2D eigenvalue weighted by molar-refractivity contribution is 9.10. The molecule has 1 N–H and O–H groups in total. The molecule has 4 aromatic carbocycles. The third-order valence-corrected chi connectivity index (χ3v) is 6.38. The molecule has 0 radical (unpaired) electrons. The van der Waals surface area contributed by atoms with Gasteiger partial charge in [0.1, 0.15) is 30.6 Å². The smallest absolute Gasteiger partial charge is 0.271 e. The fourth-order valence-corrected chi connectivity index (χ4v) is 4.27. The normalized spacial score (nSPS) is 10.8. The molecule has 0 aliphatic carbocycles. The molecule has 0 fully saturated rings. The minimum Gasteiger partial charge on any atom is -0.490 e. The Hall–Kier alpha value is -5.14. The Kier molecular flexibility index (Phi) is 10.3. The molecule has 212 valence electrons. The lowest BCUT2D eigenvalue weighted by atomic mass is 10.1. The number of anilines is 1. The van der Waals surface area contributed by atoms with Crippen molar-refractivity contribution in [3.8, 4) is 23.3 Å². The van der Waals surface area contributed by atoms with E-state index in [1.165, 1.54) is 30.3 Å². The number of nitro groups is 1. The van der Waals surface area contributed by atoms with Crippen molar-refractivity contribution in [3.05, 3.63) is 128 Å². The molecule has 0 spiro atoms. The number of benzene rings is 4. The van der Waals surface area contributed by atoms with Crippen LogP contribution in [0.15, 0.2) is 101 Å². The van der Waals surface area contributed by atoms with Gasteiger partial charge in [0.2, 0.25) is 0 Å². The molecular weight excluding hydrogens is 602 g/mol. The zero-order chi connectivity index (χ0) is 29.9. The van der Waals surface area contributed by atoms with Crippen LogP contribution in [-0.2, 0) is 18.0 Å².